The summed E-state index contributed by atoms with van der Waals surface area (Å²) in [5, 5.41) is 2.87. The van der Waals surface area contributed by atoms with Gasteiger partial charge in [0.25, 0.3) is 11.8 Å². The minimum Gasteiger partial charge on any atom is -0.365 e. The number of aryl methyl sites for hydroxylation is 1. The van der Waals surface area contributed by atoms with Gasteiger partial charge in [-0.15, -0.1) is 11.3 Å². The first kappa shape index (κ1) is 18.4. The molecule has 0 fully saturated rings. The number of thiophene rings is 1. The van der Waals surface area contributed by atoms with Gasteiger partial charge in [0.1, 0.15) is 5.00 Å². The second-order valence-electron chi connectivity index (χ2n) is 6.45. The van der Waals surface area contributed by atoms with Gasteiger partial charge >= 0.3 is 6.18 Å². The van der Waals surface area contributed by atoms with Crippen LogP contribution in [0, 0.1) is 5.92 Å². The van der Waals surface area contributed by atoms with Gasteiger partial charge in [0.05, 0.1) is 11.1 Å². The molecule has 4 nitrogen and oxygen atoms in total. The Morgan fingerprint density at radius 3 is 2.69 bits per heavy atom. The molecule has 0 radical (unpaired) electrons. The van der Waals surface area contributed by atoms with Crippen LogP contribution in [-0.2, 0) is 19.0 Å². The third kappa shape index (κ3) is 3.60. The van der Waals surface area contributed by atoms with E-state index in [0.29, 0.717) is 17.3 Å². The number of benzene rings is 1. The van der Waals surface area contributed by atoms with E-state index in [1.807, 2.05) is 0 Å². The van der Waals surface area contributed by atoms with Crippen molar-refractivity contribution in [3.05, 3.63) is 51.4 Å². The van der Waals surface area contributed by atoms with Gasteiger partial charge in [0.15, 0.2) is 0 Å². The van der Waals surface area contributed by atoms with Crippen molar-refractivity contribution >= 4 is 28.2 Å². The van der Waals surface area contributed by atoms with Gasteiger partial charge < -0.3 is 11.1 Å². The quantitative estimate of drug-likeness (QED) is 0.833. The monoisotopic (exact) mass is 382 g/mol. The number of hydrogen-bond donors (Lipinski definition) is 2. The van der Waals surface area contributed by atoms with Crippen LogP contribution in [0.25, 0.3) is 0 Å². The van der Waals surface area contributed by atoms with Crippen LogP contribution in [0.2, 0.25) is 0 Å². The number of nitrogens with two attached hydrogens (primary N) is 1. The van der Waals surface area contributed by atoms with Crippen molar-refractivity contribution in [2.24, 2.45) is 11.7 Å². The molecule has 138 valence electrons. The first-order valence-corrected chi connectivity index (χ1v) is 8.91. The normalized spacial score (nSPS) is 16.8. The van der Waals surface area contributed by atoms with Gasteiger partial charge in [-0.3, -0.25) is 9.59 Å². The van der Waals surface area contributed by atoms with E-state index in [2.05, 4.69) is 12.2 Å². The Morgan fingerprint density at radius 2 is 2.04 bits per heavy atom. The summed E-state index contributed by atoms with van der Waals surface area (Å²) in [5.74, 6) is -0.941. The van der Waals surface area contributed by atoms with Gasteiger partial charge in [-0.25, -0.2) is 0 Å². The molecule has 1 aromatic carbocycles. The third-order valence-corrected chi connectivity index (χ3v) is 5.64. The third-order valence-electron chi connectivity index (χ3n) is 4.43. The molecule has 3 rings (SSSR count). The summed E-state index contributed by atoms with van der Waals surface area (Å²) in [4.78, 5) is 25.3. The summed E-state index contributed by atoms with van der Waals surface area (Å²) >= 11 is 1.27. The van der Waals surface area contributed by atoms with E-state index < -0.39 is 23.6 Å². The van der Waals surface area contributed by atoms with Crippen molar-refractivity contribution in [3.8, 4) is 0 Å². The predicted octanol–water partition coefficient (Wildman–Crippen LogP) is 4.24. The average molecular weight is 382 g/mol. The number of primary amides is 1. The van der Waals surface area contributed by atoms with E-state index in [1.54, 1.807) is 0 Å². The molecule has 1 unspecified atom stereocenters. The van der Waals surface area contributed by atoms with Gasteiger partial charge in [0.2, 0.25) is 0 Å². The van der Waals surface area contributed by atoms with Gasteiger partial charge in [-0.2, -0.15) is 13.2 Å². The highest BCUT2D eigenvalue weighted by molar-refractivity contribution is 7.17. The van der Waals surface area contributed by atoms with Crippen LogP contribution in [0.3, 0.4) is 0 Å². The maximum Gasteiger partial charge on any atom is 0.416 e. The van der Waals surface area contributed by atoms with E-state index in [0.717, 1.165) is 35.4 Å². The Balaban J connectivity index is 1.92. The minimum atomic E-state index is -4.53. The number of amides is 2. The molecule has 2 amide bonds. The molecular weight excluding hydrogens is 365 g/mol. The number of rotatable bonds is 3. The van der Waals surface area contributed by atoms with Crippen LogP contribution in [0.4, 0.5) is 18.2 Å². The van der Waals surface area contributed by atoms with E-state index in [9.17, 15) is 22.8 Å². The number of carbonyl (C=O) groups excluding carboxylic acids is 2. The van der Waals surface area contributed by atoms with Crippen molar-refractivity contribution in [2.75, 3.05) is 5.32 Å². The van der Waals surface area contributed by atoms with Crippen molar-refractivity contribution in [1.82, 2.24) is 0 Å². The first-order chi connectivity index (χ1) is 12.2. The summed E-state index contributed by atoms with van der Waals surface area (Å²) in [6, 6.07) is 4.16. The number of fused-ring (bicyclic) bond motifs is 1. The zero-order valence-corrected chi connectivity index (χ0v) is 14.8. The molecule has 0 spiro atoms. The maximum absolute atomic E-state index is 12.8. The largest absolute Gasteiger partial charge is 0.416 e. The zero-order chi connectivity index (χ0) is 19.1. The van der Waals surface area contributed by atoms with Gasteiger partial charge in [-0.1, -0.05) is 13.0 Å². The van der Waals surface area contributed by atoms with E-state index in [-0.39, 0.29) is 11.1 Å². The highest BCUT2D eigenvalue weighted by Crippen LogP contribution is 2.39. The van der Waals surface area contributed by atoms with Gasteiger partial charge in [-0.05, 0) is 48.9 Å². The van der Waals surface area contributed by atoms with Crippen LogP contribution >= 0.6 is 11.3 Å². The number of halogens is 3. The van der Waals surface area contributed by atoms with Crippen LogP contribution in [0.5, 0.6) is 0 Å². The van der Waals surface area contributed by atoms with Crippen molar-refractivity contribution in [3.63, 3.8) is 0 Å². The number of alkyl halides is 3. The Bertz CT molecular complexity index is 874. The van der Waals surface area contributed by atoms with Crippen molar-refractivity contribution < 1.29 is 22.8 Å². The Labute approximate surface area is 152 Å². The fourth-order valence-corrected chi connectivity index (χ4v) is 4.36. The van der Waals surface area contributed by atoms with Crippen LogP contribution < -0.4 is 11.1 Å². The highest BCUT2D eigenvalue weighted by Gasteiger charge is 2.31. The minimum absolute atomic E-state index is 0.130. The summed E-state index contributed by atoms with van der Waals surface area (Å²) in [5.41, 5.74) is 5.58. The van der Waals surface area contributed by atoms with Crippen LogP contribution in [-0.4, -0.2) is 11.8 Å². The van der Waals surface area contributed by atoms with E-state index in [4.69, 9.17) is 5.73 Å². The number of carbonyl (C=O) groups is 2. The Hall–Kier alpha value is -2.35. The lowest BCUT2D eigenvalue weighted by molar-refractivity contribution is -0.137. The molecule has 3 N–H and O–H groups in total. The van der Waals surface area contributed by atoms with E-state index >= 15 is 0 Å². The molecule has 26 heavy (non-hydrogen) atoms. The molecule has 0 saturated heterocycles. The van der Waals surface area contributed by atoms with E-state index in [1.165, 1.54) is 23.5 Å². The predicted molar refractivity (Wildman–Crippen MR) is 93.4 cm³/mol. The van der Waals surface area contributed by atoms with Gasteiger partial charge in [0, 0.05) is 10.4 Å². The summed E-state index contributed by atoms with van der Waals surface area (Å²) < 4.78 is 38.5. The number of nitrogens with one attached hydrogen (secondary N) is 1. The van der Waals surface area contributed by atoms with Crippen molar-refractivity contribution in [2.45, 2.75) is 32.4 Å². The average Bonchev–Trinajstić information content (AvgIpc) is 2.91. The molecular formula is C18H17F3N2O2S. The molecule has 1 aliphatic rings. The molecule has 1 aliphatic carbocycles. The zero-order valence-electron chi connectivity index (χ0n) is 13.9. The summed E-state index contributed by atoms with van der Waals surface area (Å²) in [7, 11) is 0. The smallest absolute Gasteiger partial charge is 0.365 e. The topological polar surface area (TPSA) is 72.2 Å². The highest BCUT2D eigenvalue weighted by atomic mass is 32.1. The molecule has 0 saturated carbocycles. The van der Waals surface area contributed by atoms with Crippen LogP contribution in [0.1, 0.15) is 50.1 Å². The van der Waals surface area contributed by atoms with Crippen molar-refractivity contribution in [1.29, 1.82) is 0 Å². The molecule has 2 aromatic rings. The fraction of sp³-hybridized carbons (Fsp3) is 0.333. The maximum atomic E-state index is 12.8. The summed E-state index contributed by atoms with van der Waals surface area (Å²) in [6.07, 6.45) is -2.07. The lowest BCUT2D eigenvalue weighted by atomic mass is 9.87. The molecule has 0 bridgehead atoms. The molecule has 0 aliphatic heterocycles. The first-order valence-electron chi connectivity index (χ1n) is 8.09. The number of anilines is 1. The van der Waals surface area contributed by atoms with Crippen LogP contribution in [0.15, 0.2) is 24.3 Å². The molecule has 1 heterocycles. The molecule has 1 atom stereocenters. The standard InChI is InChI=1S/C18H17F3N2O2S/c1-9-5-6-13-12(7-9)14(15(22)24)17(26-13)23-16(25)10-3-2-4-11(8-10)18(19,20)21/h2-4,8-9H,5-7H2,1H3,(H2,22,24)(H,23,25). The lowest BCUT2D eigenvalue weighted by Crippen LogP contribution is -2.20. The number of hydrogen-bond acceptors (Lipinski definition) is 3. The summed E-state index contributed by atoms with van der Waals surface area (Å²) in [6.45, 7) is 2.08. The fourth-order valence-electron chi connectivity index (χ4n) is 3.12. The second kappa shape index (κ2) is 6.75. The molecule has 8 heteroatoms. The SMILES string of the molecule is CC1CCc2sc(NC(=O)c3cccc(C(F)(F)F)c3)c(C(N)=O)c2C1. The second-order valence-corrected chi connectivity index (χ2v) is 7.56. The Morgan fingerprint density at radius 1 is 1.31 bits per heavy atom. The Kier molecular flexibility index (Phi) is 4.79. The molecule has 1 aromatic heterocycles. The lowest BCUT2D eigenvalue weighted by Gasteiger charge is -2.18.